The van der Waals surface area contributed by atoms with Gasteiger partial charge in [-0.25, -0.2) is 8.78 Å². The molecule has 0 radical (unpaired) electrons. The van der Waals surface area contributed by atoms with Gasteiger partial charge in [-0.1, -0.05) is 0 Å². The van der Waals surface area contributed by atoms with Crippen LogP contribution < -0.4 is 16.2 Å². The van der Waals surface area contributed by atoms with Crippen LogP contribution in [0.5, 0.6) is 0 Å². The maximum atomic E-state index is 14.2. The Morgan fingerprint density at radius 1 is 1.41 bits per heavy atom. The molecule has 0 aliphatic carbocycles. The van der Waals surface area contributed by atoms with Crippen molar-refractivity contribution in [1.29, 1.82) is 5.26 Å². The SMILES string of the molecule is Cc1c(CC(=O)NCC2NCC(C#N)[N+](=O)C2C)c(=O)[nH]c2ccc(F)c(F)c12. The van der Waals surface area contributed by atoms with Gasteiger partial charge in [-0.2, -0.15) is 5.26 Å². The molecule has 29 heavy (non-hydrogen) atoms. The maximum Gasteiger partial charge on any atom is 0.297 e. The molecule has 0 saturated carbocycles. The second-order valence-corrected chi connectivity index (χ2v) is 7.08. The summed E-state index contributed by atoms with van der Waals surface area (Å²) in [5.41, 5.74) is -0.164. The highest BCUT2D eigenvalue weighted by molar-refractivity contribution is 5.86. The molecule has 3 atom stereocenters. The van der Waals surface area contributed by atoms with Crippen molar-refractivity contribution < 1.29 is 18.3 Å². The Bertz CT molecular complexity index is 1090. The van der Waals surface area contributed by atoms with Crippen molar-refractivity contribution in [3.8, 4) is 6.07 Å². The van der Waals surface area contributed by atoms with E-state index in [1.165, 1.54) is 13.0 Å². The number of H-pyrrole nitrogens is 1. The predicted octanol–water partition coefficient (Wildman–Crippen LogP) is 0.805. The summed E-state index contributed by atoms with van der Waals surface area (Å²) in [7, 11) is 0. The highest BCUT2D eigenvalue weighted by atomic mass is 19.2. The fraction of sp³-hybridized carbons (Fsp3) is 0.421. The molecule has 2 heterocycles. The predicted molar refractivity (Wildman–Crippen MR) is 100 cm³/mol. The van der Waals surface area contributed by atoms with E-state index in [0.717, 1.165) is 6.07 Å². The lowest BCUT2D eigenvalue weighted by Gasteiger charge is -2.26. The number of rotatable bonds is 4. The number of fused-ring (bicyclic) bond motifs is 1. The molecule has 0 spiro atoms. The molecule has 8 nitrogen and oxygen atoms in total. The highest BCUT2D eigenvalue weighted by Crippen LogP contribution is 2.23. The van der Waals surface area contributed by atoms with E-state index in [-0.39, 0.29) is 47.6 Å². The molecule has 3 unspecified atom stereocenters. The first kappa shape index (κ1) is 20.5. The number of piperazine rings is 1. The third-order valence-electron chi connectivity index (χ3n) is 5.31. The van der Waals surface area contributed by atoms with Crippen molar-refractivity contribution in [1.82, 2.24) is 15.6 Å². The number of amides is 1. The quantitative estimate of drug-likeness (QED) is 0.652. The first-order valence-electron chi connectivity index (χ1n) is 9.09. The molecule has 1 aliphatic rings. The van der Waals surface area contributed by atoms with Gasteiger partial charge in [0.05, 0.1) is 24.5 Å². The number of nitriles is 1. The van der Waals surface area contributed by atoms with Crippen LogP contribution in [-0.2, 0) is 11.2 Å². The lowest BCUT2D eigenvalue weighted by Crippen LogP contribution is -2.60. The average molecular weight is 404 g/mol. The van der Waals surface area contributed by atoms with Crippen molar-refractivity contribution in [2.45, 2.75) is 38.4 Å². The van der Waals surface area contributed by atoms with E-state index in [0.29, 0.717) is 4.76 Å². The third kappa shape index (κ3) is 3.86. The topological polar surface area (TPSA) is 118 Å². The molecule has 3 rings (SSSR count). The molecule has 3 N–H and O–H groups in total. The fourth-order valence-electron chi connectivity index (χ4n) is 3.53. The number of aromatic nitrogens is 1. The van der Waals surface area contributed by atoms with Gasteiger partial charge in [-0.05, 0) is 24.6 Å². The van der Waals surface area contributed by atoms with Gasteiger partial charge in [0.1, 0.15) is 6.07 Å². The molecular weight excluding hydrogens is 384 g/mol. The summed E-state index contributed by atoms with van der Waals surface area (Å²) in [4.78, 5) is 39.1. The van der Waals surface area contributed by atoms with Crippen LogP contribution in [0.4, 0.5) is 8.78 Å². The summed E-state index contributed by atoms with van der Waals surface area (Å²) in [6.07, 6.45) is -0.323. The number of pyridine rings is 1. The van der Waals surface area contributed by atoms with Gasteiger partial charge in [0.2, 0.25) is 11.9 Å². The van der Waals surface area contributed by atoms with Gasteiger partial charge in [-0.3, -0.25) is 14.9 Å². The number of halogens is 2. The lowest BCUT2D eigenvalue weighted by atomic mass is 10.0. The Kier molecular flexibility index (Phi) is 5.70. The molecule has 1 aromatic heterocycles. The number of aromatic amines is 1. The number of carbonyl (C=O) groups is 1. The van der Waals surface area contributed by atoms with Crippen LogP contribution in [0.3, 0.4) is 0 Å². The van der Waals surface area contributed by atoms with E-state index in [9.17, 15) is 23.3 Å². The van der Waals surface area contributed by atoms with Crippen LogP contribution in [0.2, 0.25) is 0 Å². The van der Waals surface area contributed by atoms with Crippen molar-refractivity contribution in [3.05, 3.63) is 50.2 Å². The summed E-state index contributed by atoms with van der Waals surface area (Å²) in [6, 6.07) is 2.41. The standard InChI is InChI=1S/C19H19F2N5O3/c1-9-12(19(28)25-14-4-3-13(20)18(21)17(9)14)5-16(27)24-8-15-10(2)26(29)11(6-22)7-23-15/h3-4,10-11,15,23H,5,7-8H2,1-2H3,(H-,24,25,27,28)/p+1. The zero-order chi connectivity index (χ0) is 21.3. The van der Waals surface area contributed by atoms with Gasteiger partial charge in [0, 0.05) is 34.1 Å². The van der Waals surface area contributed by atoms with Crippen molar-refractivity contribution in [3.63, 3.8) is 0 Å². The minimum absolute atomic E-state index is 0.0409. The van der Waals surface area contributed by atoms with Crippen LogP contribution in [-0.4, -0.2) is 46.9 Å². The monoisotopic (exact) mass is 404 g/mol. The van der Waals surface area contributed by atoms with Gasteiger partial charge in [0.25, 0.3) is 11.6 Å². The molecule has 1 aliphatic heterocycles. The average Bonchev–Trinajstić information content (AvgIpc) is 2.69. The summed E-state index contributed by atoms with van der Waals surface area (Å²) < 4.78 is 28.4. The summed E-state index contributed by atoms with van der Waals surface area (Å²) in [5.74, 6) is -2.62. The second kappa shape index (κ2) is 8.05. The Hall–Kier alpha value is -3.19. The van der Waals surface area contributed by atoms with Gasteiger partial charge in [-0.15, -0.1) is 0 Å². The third-order valence-corrected chi connectivity index (χ3v) is 5.31. The molecule has 1 saturated heterocycles. The molecule has 2 aromatic rings. The van der Waals surface area contributed by atoms with Crippen molar-refractivity contribution >= 4 is 16.8 Å². The van der Waals surface area contributed by atoms with E-state index in [1.807, 2.05) is 6.07 Å². The number of hydrogen-bond donors (Lipinski definition) is 3. The lowest BCUT2D eigenvalue weighted by molar-refractivity contribution is -0.615. The molecule has 1 amide bonds. The van der Waals surface area contributed by atoms with Crippen LogP contribution in [0.25, 0.3) is 10.9 Å². The smallest absolute Gasteiger partial charge is 0.297 e. The van der Waals surface area contributed by atoms with E-state index in [1.54, 1.807) is 6.92 Å². The zero-order valence-corrected chi connectivity index (χ0v) is 15.9. The van der Waals surface area contributed by atoms with Gasteiger partial charge >= 0.3 is 0 Å². The second-order valence-electron chi connectivity index (χ2n) is 7.08. The summed E-state index contributed by atoms with van der Waals surface area (Å²) >= 11 is 0. The minimum Gasteiger partial charge on any atom is -0.354 e. The van der Waals surface area contributed by atoms with Gasteiger partial charge in [0.15, 0.2) is 11.6 Å². The molecule has 152 valence electrons. The minimum atomic E-state index is -1.08. The molecule has 1 aromatic carbocycles. The van der Waals surface area contributed by atoms with Crippen molar-refractivity contribution in [2.75, 3.05) is 13.1 Å². The summed E-state index contributed by atoms with van der Waals surface area (Å²) in [5, 5.41) is 14.5. The maximum absolute atomic E-state index is 14.2. The zero-order valence-electron chi connectivity index (χ0n) is 15.9. The van der Waals surface area contributed by atoms with Gasteiger partial charge < -0.3 is 10.3 Å². The van der Waals surface area contributed by atoms with E-state index in [2.05, 4.69) is 15.6 Å². The number of benzene rings is 1. The van der Waals surface area contributed by atoms with Crippen molar-refractivity contribution in [2.24, 2.45) is 0 Å². The van der Waals surface area contributed by atoms with Crippen LogP contribution >= 0.6 is 0 Å². The summed E-state index contributed by atoms with van der Waals surface area (Å²) in [6.45, 7) is 3.41. The fourth-order valence-corrected chi connectivity index (χ4v) is 3.53. The molecular formula is C19H20F2N5O3+. The Balaban J connectivity index is 1.74. The number of nitrogens with zero attached hydrogens (tertiary/aromatic N) is 2. The Morgan fingerprint density at radius 2 is 2.14 bits per heavy atom. The molecule has 1 fully saturated rings. The molecule has 10 heteroatoms. The number of carbonyl (C=O) groups excluding carboxylic acids is 1. The van der Waals surface area contributed by atoms with Crippen LogP contribution in [0.15, 0.2) is 16.9 Å². The van der Waals surface area contributed by atoms with Crippen LogP contribution in [0.1, 0.15) is 18.1 Å². The highest BCUT2D eigenvalue weighted by Gasteiger charge is 2.41. The Morgan fingerprint density at radius 3 is 2.83 bits per heavy atom. The first-order chi connectivity index (χ1) is 13.7. The van der Waals surface area contributed by atoms with E-state index in [4.69, 9.17) is 5.26 Å². The van der Waals surface area contributed by atoms with E-state index < -0.39 is 35.2 Å². The van der Waals surface area contributed by atoms with Crippen LogP contribution in [0, 0.1) is 34.8 Å². The first-order valence-corrected chi connectivity index (χ1v) is 9.09. The Labute approximate surface area is 164 Å². The van der Waals surface area contributed by atoms with E-state index >= 15 is 0 Å². The number of aryl methyl sites for hydroxylation is 1. The number of hydrogen-bond acceptors (Lipinski definition) is 5. The number of nitrogens with one attached hydrogen (secondary N) is 3. The molecule has 0 bridgehead atoms. The normalized spacial score (nSPS) is 21.8. The number of nitroso groups, excluding NO2 is 1. The largest absolute Gasteiger partial charge is 0.354 e.